The number of nitrogens with zero attached hydrogens (tertiary/aromatic N) is 4. The Morgan fingerprint density at radius 3 is 2.91 bits per heavy atom. The number of aliphatic imine (C=N–C) groups is 2. The molecule has 0 unspecified atom stereocenters. The van der Waals surface area contributed by atoms with E-state index in [1.807, 2.05) is 37.1 Å². The highest BCUT2D eigenvalue weighted by Gasteiger charge is 2.11. The number of aromatic nitrogens is 1. The molecule has 0 saturated carbocycles. The summed E-state index contributed by atoms with van der Waals surface area (Å²) >= 11 is 7.52. The number of pyridine rings is 1. The minimum Gasteiger partial charge on any atom is -0.357 e. The molecule has 0 amide bonds. The summed E-state index contributed by atoms with van der Waals surface area (Å²) in [6.45, 7) is 2.48. The van der Waals surface area contributed by atoms with Crippen LogP contribution in [-0.2, 0) is 0 Å². The van der Waals surface area contributed by atoms with Gasteiger partial charge in [-0.2, -0.15) is 0 Å². The molecule has 7 heteroatoms. The predicted octanol–water partition coefficient (Wildman–Crippen LogP) is 3.91. The standard InChI is InChI=1S/C16H20ClFN4S/c1-3-13(18)10-22(2)15-7-6-12(9-19-15)16-21-11-20-14(17)5-4-8-23-16/h4-7,9,13H,3,8,10-11H2,1-2H3/b5-4-,20-14+,21-16-/t13-/m0/s1. The lowest BCUT2D eigenvalue weighted by Crippen LogP contribution is -2.26. The molecule has 0 radical (unpaired) electrons. The summed E-state index contributed by atoms with van der Waals surface area (Å²) in [5.41, 5.74) is 0.932. The zero-order valence-electron chi connectivity index (χ0n) is 13.2. The van der Waals surface area contributed by atoms with Gasteiger partial charge in [0.2, 0.25) is 0 Å². The highest BCUT2D eigenvalue weighted by atomic mass is 35.5. The molecule has 2 rings (SSSR count). The molecule has 0 aliphatic carbocycles. The first-order valence-electron chi connectivity index (χ1n) is 7.45. The van der Waals surface area contributed by atoms with Crippen LogP contribution in [0.1, 0.15) is 18.9 Å². The molecule has 1 aromatic rings. The Labute approximate surface area is 145 Å². The molecular formula is C16H20ClFN4S. The molecule has 1 aliphatic rings. The van der Waals surface area contributed by atoms with Gasteiger partial charge in [0.1, 0.15) is 28.9 Å². The van der Waals surface area contributed by atoms with E-state index in [1.165, 1.54) is 0 Å². The fourth-order valence-electron chi connectivity index (χ4n) is 1.97. The van der Waals surface area contributed by atoms with Gasteiger partial charge in [0, 0.05) is 24.6 Å². The van der Waals surface area contributed by atoms with E-state index in [9.17, 15) is 4.39 Å². The number of rotatable bonds is 5. The van der Waals surface area contributed by atoms with Crippen LogP contribution in [0.5, 0.6) is 0 Å². The van der Waals surface area contributed by atoms with Crippen LogP contribution in [-0.4, -0.2) is 47.4 Å². The van der Waals surface area contributed by atoms with Crippen molar-refractivity contribution in [3.05, 3.63) is 36.0 Å². The lowest BCUT2D eigenvalue weighted by Gasteiger charge is -2.20. The number of allylic oxidation sites excluding steroid dienone is 1. The van der Waals surface area contributed by atoms with Crippen molar-refractivity contribution in [1.29, 1.82) is 0 Å². The second kappa shape index (κ2) is 9.03. The SMILES string of the molecule is CC[C@H](F)CN(C)c1ccc(/C2=N/C/N=C(Cl)\C=C/CS2)cn1. The Kier molecular flexibility index (Phi) is 7.05. The maximum absolute atomic E-state index is 13.5. The van der Waals surface area contributed by atoms with Gasteiger partial charge >= 0.3 is 0 Å². The van der Waals surface area contributed by atoms with Gasteiger partial charge < -0.3 is 4.90 Å². The molecule has 1 aliphatic heterocycles. The quantitative estimate of drug-likeness (QED) is 0.805. The van der Waals surface area contributed by atoms with Gasteiger partial charge in [0.15, 0.2) is 0 Å². The van der Waals surface area contributed by atoms with Crippen molar-refractivity contribution in [2.75, 3.05) is 30.9 Å². The molecule has 0 N–H and O–H groups in total. The number of thioether (sulfide) groups is 1. The van der Waals surface area contributed by atoms with Crippen LogP contribution in [0.2, 0.25) is 0 Å². The third-order valence-electron chi connectivity index (χ3n) is 3.31. The first-order chi connectivity index (χ1) is 11.1. The summed E-state index contributed by atoms with van der Waals surface area (Å²) in [4.78, 5) is 14.8. The van der Waals surface area contributed by atoms with Crippen LogP contribution < -0.4 is 4.90 Å². The van der Waals surface area contributed by atoms with E-state index in [-0.39, 0.29) is 0 Å². The minimum absolute atomic E-state index is 0.299. The Hall–Kier alpha value is -1.40. The van der Waals surface area contributed by atoms with Gasteiger partial charge in [0.05, 0.1) is 6.54 Å². The fourth-order valence-corrected chi connectivity index (χ4v) is 2.90. The zero-order valence-corrected chi connectivity index (χ0v) is 14.8. The largest absolute Gasteiger partial charge is 0.357 e. The van der Waals surface area contributed by atoms with E-state index >= 15 is 0 Å². The molecular weight excluding hydrogens is 335 g/mol. The van der Waals surface area contributed by atoms with E-state index < -0.39 is 6.17 Å². The van der Waals surface area contributed by atoms with E-state index in [4.69, 9.17) is 11.6 Å². The maximum atomic E-state index is 13.5. The third kappa shape index (κ3) is 5.62. The van der Waals surface area contributed by atoms with Gasteiger partial charge in [-0.05, 0) is 24.6 Å². The summed E-state index contributed by atoms with van der Waals surface area (Å²) in [5, 5.41) is 1.34. The second-order valence-corrected chi connectivity index (χ2v) is 6.49. The van der Waals surface area contributed by atoms with Gasteiger partial charge in [-0.3, -0.25) is 4.99 Å². The fraction of sp³-hybridized carbons (Fsp3) is 0.438. The van der Waals surface area contributed by atoms with E-state index in [2.05, 4.69) is 15.0 Å². The first kappa shape index (κ1) is 17.9. The van der Waals surface area contributed by atoms with Crippen molar-refractivity contribution in [3.8, 4) is 0 Å². The van der Waals surface area contributed by atoms with Crippen molar-refractivity contribution >= 4 is 39.4 Å². The number of alkyl halides is 1. The van der Waals surface area contributed by atoms with Gasteiger partial charge in [0.25, 0.3) is 0 Å². The highest BCUT2D eigenvalue weighted by Crippen LogP contribution is 2.18. The molecule has 0 aromatic carbocycles. The second-order valence-electron chi connectivity index (χ2n) is 5.09. The summed E-state index contributed by atoms with van der Waals surface area (Å²) in [7, 11) is 1.85. The molecule has 124 valence electrons. The van der Waals surface area contributed by atoms with Crippen molar-refractivity contribution in [3.63, 3.8) is 0 Å². The molecule has 1 atom stereocenters. The molecule has 0 saturated heterocycles. The van der Waals surface area contributed by atoms with Gasteiger partial charge in [-0.15, -0.1) is 11.8 Å². The Bertz CT molecular complexity index is 601. The number of anilines is 1. The Balaban J connectivity index is 2.09. The van der Waals surface area contributed by atoms with Crippen LogP contribution in [0, 0.1) is 0 Å². The van der Waals surface area contributed by atoms with Crippen LogP contribution in [0.4, 0.5) is 10.2 Å². The van der Waals surface area contributed by atoms with Crippen LogP contribution >= 0.6 is 23.4 Å². The average molecular weight is 355 g/mol. The van der Waals surface area contributed by atoms with E-state index in [0.717, 1.165) is 22.2 Å². The Morgan fingerprint density at radius 1 is 1.39 bits per heavy atom. The first-order valence-corrected chi connectivity index (χ1v) is 8.82. The third-order valence-corrected chi connectivity index (χ3v) is 4.55. The molecule has 4 nitrogen and oxygen atoms in total. The number of halogens is 2. The number of hydrogen-bond donors (Lipinski definition) is 0. The molecule has 0 fully saturated rings. The van der Waals surface area contributed by atoms with Gasteiger partial charge in [-0.1, -0.05) is 24.6 Å². The maximum Gasteiger partial charge on any atom is 0.132 e. The highest BCUT2D eigenvalue weighted by molar-refractivity contribution is 8.14. The van der Waals surface area contributed by atoms with Gasteiger partial charge in [-0.25, -0.2) is 14.4 Å². The zero-order chi connectivity index (χ0) is 16.7. The average Bonchev–Trinajstić information content (AvgIpc) is 2.67. The minimum atomic E-state index is -0.842. The molecule has 0 bridgehead atoms. The normalized spacial score (nSPS) is 22.6. The summed E-state index contributed by atoms with van der Waals surface area (Å²) in [5.74, 6) is 1.52. The molecule has 1 aromatic heterocycles. The Morgan fingerprint density at radius 2 is 2.22 bits per heavy atom. The summed E-state index contributed by atoms with van der Waals surface area (Å²) in [6.07, 6.45) is 5.17. The van der Waals surface area contributed by atoms with E-state index in [0.29, 0.717) is 24.8 Å². The van der Waals surface area contributed by atoms with Crippen molar-refractivity contribution in [1.82, 2.24) is 4.98 Å². The molecule has 0 spiro atoms. The molecule has 2 heterocycles. The summed E-state index contributed by atoms with van der Waals surface area (Å²) in [6, 6.07) is 3.84. The topological polar surface area (TPSA) is 40.9 Å². The van der Waals surface area contributed by atoms with Crippen LogP contribution in [0.3, 0.4) is 0 Å². The lowest BCUT2D eigenvalue weighted by molar-refractivity contribution is 0.329. The smallest absolute Gasteiger partial charge is 0.132 e. The lowest BCUT2D eigenvalue weighted by atomic mass is 10.2. The van der Waals surface area contributed by atoms with Crippen molar-refractivity contribution in [2.45, 2.75) is 19.5 Å². The van der Waals surface area contributed by atoms with Crippen molar-refractivity contribution in [2.24, 2.45) is 9.98 Å². The van der Waals surface area contributed by atoms with Crippen LogP contribution in [0.15, 0.2) is 40.5 Å². The number of hydrogen-bond acceptors (Lipinski definition) is 5. The van der Waals surface area contributed by atoms with Crippen LogP contribution in [0.25, 0.3) is 0 Å². The molecule has 23 heavy (non-hydrogen) atoms. The van der Waals surface area contributed by atoms with Crippen molar-refractivity contribution < 1.29 is 4.39 Å². The van der Waals surface area contributed by atoms with E-state index in [1.54, 1.807) is 24.0 Å². The summed E-state index contributed by atoms with van der Waals surface area (Å²) < 4.78 is 13.5. The predicted molar refractivity (Wildman–Crippen MR) is 99.0 cm³/mol. The monoisotopic (exact) mass is 354 g/mol.